The van der Waals surface area contributed by atoms with Gasteiger partial charge in [0, 0.05) is 6.07 Å². The molecule has 0 amide bonds. The van der Waals surface area contributed by atoms with E-state index in [9.17, 15) is 14.0 Å². The first kappa shape index (κ1) is 17.7. The number of methoxy groups -OCH3 is 3. The number of benzene rings is 1. The van der Waals surface area contributed by atoms with E-state index in [1.165, 1.54) is 38.4 Å². The van der Waals surface area contributed by atoms with Crippen molar-refractivity contribution in [2.75, 3.05) is 39.6 Å². The molecule has 130 valence electrons. The average Bonchev–Trinajstić information content (AvgIpc) is 2.61. The Morgan fingerprint density at radius 2 is 1.83 bits per heavy atom. The third-order valence-corrected chi connectivity index (χ3v) is 3.58. The summed E-state index contributed by atoms with van der Waals surface area (Å²) in [6.45, 7) is 1.39. The molecule has 0 saturated carbocycles. The van der Waals surface area contributed by atoms with E-state index in [-0.39, 0.29) is 30.3 Å². The van der Waals surface area contributed by atoms with Gasteiger partial charge in [-0.1, -0.05) is 0 Å². The zero-order chi connectivity index (χ0) is 17.9. The number of nitrogens with zero attached hydrogens (tertiary/aromatic N) is 1. The number of esters is 2. The summed E-state index contributed by atoms with van der Waals surface area (Å²) in [5, 5.41) is 0. The number of anilines is 1. The molecule has 0 spiro atoms. The van der Waals surface area contributed by atoms with E-state index in [2.05, 4.69) is 4.74 Å². The molecule has 1 aliphatic rings. The topological polar surface area (TPSA) is 74.3 Å². The van der Waals surface area contributed by atoms with Crippen LogP contribution in [0.1, 0.15) is 5.56 Å². The van der Waals surface area contributed by atoms with Crippen molar-refractivity contribution in [3.8, 4) is 5.75 Å². The van der Waals surface area contributed by atoms with E-state index < -0.39 is 17.8 Å². The van der Waals surface area contributed by atoms with Crippen LogP contribution in [-0.4, -0.2) is 46.6 Å². The van der Waals surface area contributed by atoms with Gasteiger partial charge in [0.1, 0.15) is 24.0 Å². The lowest BCUT2D eigenvalue weighted by Crippen LogP contribution is -2.39. The van der Waals surface area contributed by atoms with Gasteiger partial charge in [0.2, 0.25) is 0 Å². The lowest BCUT2D eigenvalue weighted by Gasteiger charge is -2.32. The Balaban J connectivity index is 2.65. The minimum atomic E-state index is -0.762. The van der Waals surface area contributed by atoms with E-state index in [0.29, 0.717) is 11.3 Å². The standard InChI is InChI=1S/C16H18FNO6/c1-9-5-13(21-2)12(6-11(9)17)18-8-24-7-10(15(19)22-3)14(18)16(20)23-4/h5-6H,7-8H2,1-4H3. The van der Waals surface area contributed by atoms with Gasteiger partial charge in [-0.25, -0.2) is 14.0 Å². The average molecular weight is 339 g/mol. The maximum atomic E-state index is 14.0. The molecule has 0 saturated heterocycles. The zero-order valence-corrected chi connectivity index (χ0v) is 13.8. The maximum Gasteiger partial charge on any atom is 0.355 e. The molecule has 0 bridgehead atoms. The predicted molar refractivity (Wildman–Crippen MR) is 82.0 cm³/mol. The molecule has 0 unspecified atom stereocenters. The largest absolute Gasteiger partial charge is 0.495 e. The molecule has 0 radical (unpaired) electrons. The second kappa shape index (κ2) is 7.31. The summed E-state index contributed by atoms with van der Waals surface area (Å²) in [6.07, 6.45) is 0. The van der Waals surface area contributed by atoms with Gasteiger partial charge in [0.25, 0.3) is 0 Å². The van der Waals surface area contributed by atoms with Gasteiger partial charge >= 0.3 is 11.9 Å². The molecule has 7 nitrogen and oxygen atoms in total. The highest BCUT2D eigenvalue weighted by Gasteiger charge is 2.34. The molecule has 24 heavy (non-hydrogen) atoms. The zero-order valence-electron chi connectivity index (χ0n) is 13.8. The van der Waals surface area contributed by atoms with Crippen molar-refractivity contribution in [1.82, 2.24) is 0 Å². The minimum Gasteiger partial charge on any atom is -0.495 e. The summed E-state index contributed by atoms with van der Waals surface area (Å²) in [7, 11) is 3.80. The quantitative estimate of drug-likeness (QED) is 0.770. The Bertz CT molecular complexity index is 700. The summed E-state index contributed by atoms with van der Waals surface area (Å²) >= 11 is 0. The molecule has 0 fully saturated rings. The first-order valence-corrected chi connectivity index (χ1v) is 7.03. The Morgan fingerprint density at radius 1 is 1.17 bits per heavy atom. The number of ether oxygens (including phenoxy) is 4. The van der Waals surface area contributed by atoms with Crippen molar-refractivity contribution in [2.45, 2.75) is 6.92 Å². The summed E-state index contributed by atoms with van der Waals surface area (Å²) < 4.78 is 34.1. The number of hydrogen-bond donors (Lipinski definition) is 0. The van der Waals surface area contributed by atoms with Gasteiger partial charge in [-0.05, 0) is 18.6 Å². The molecular weight excluding hydrogens is 321 g/mol. The van der Waals surface area contributed by atoms with Crippen molar-refractivity contribution in [3.05, 3.63) is 34.8 Å². The Kier molecular flexibility index (Phi) is 5.40. The van der Waals surface area contributed by atoms with Gasteiger partial charge in [-0.2, -0.15) is 0 Å². The summed E-state index contributed by atoms with van der Waals surface area (Å²) in [5.74, 6) is -1.65. The molecule has 8 heteroatoms. The molecule has 1 aromatic carbocycles. The maximum absolute atomic E-state index is 14.0. The number of carbonyl (C=O) groups is 2. The molecule has 1 aromatic rings. The fourth-order valence-corrected chi connectivity index (χ4v) is 2.35. The highest BCUT2D eigenvalue weighted by Crippen LogP contribution is 2.35. The van der Waals surface area contributed by atoms with Gasteiger partial charge in [-0.15, -0.1) is 0 Å². The fraction of sp³-hybridized carbons (Fsp3) is 0.375. The molecule has 1 aliphatic heterocycles. The van der Waals surface area contributed by atoms with Crippen molar-refractivity contribution in [1.29, 1.82) is 0 Å². The SMILES string of the molecule is COC(=O)C1=C(C(=O)OC)N(c2cc(F)c(C)cc2OC)COC1. The highest BCUT2D eigenvalue weighted by atomic mass is 19.1. The van der Waals surface area contributed by atoms with Crippen LogP contribution >= 0.6 is 0 Å². The highest BCUT2D eigenvalue weighted by molar-refractivity contribution is 6.03. The summed E-state index contributed by atoms with van der Waals surface area (Å²) in [5.41, 5.74) is 0.531. The molecule has 0 aromatic heterocycles. The van der Waals surface area contributed by atoms with E-state index in [0.717, 1.165) is 0 Å². The van der Waals surface area contributed by atoms with Crippen molar-refractivity contribution >= 4 is 17.6 Å². The second-order valence-corrected chi connectivity index (χ2v) is 4.99. The fourth-order valence-electron chi connectivity index (χ4n) is 2.35. The van der Waals surface area contributed by atoms with Gasteiger partial charge < -0.3 is 23.8 Å². The first-order valence-electron chi connectivity index (χ1n) is 7.03. The predicted octanol–water partition coefficient (Wildman–Crippen LogP) is 1.54. The minimum absolute atomic E-state index is 0.0152. The van der Waals surface area contributed by atoms with Crippen LogP contribution in [0.25, 0.3) is 0 Å². The van der Waals surface area contributed by atoms with Crippen molar-refractivity contribution in [2.24, 2.45) is 0 Å². The number of carbonyl (C=O) groups excluding carboxylic acids is 2. The van der Waals surface area contributed by atoms with Crippen molar-refractivity contribution < 1.29 is 32.9 Å². The number of halogens is 1. The molecule has 0 N–H and O–H groups in total. The number of rotatable bonds is 4. The molecule has 0 atom stereocenters. The van der Waals surface area contributed by atoms with E-state index in [4.69, 9.17) is 14.2 Å². The van der Waals surface area contributed by atoms with Crippen LogP contribution in [-0.2, 0) is 23.8 Å². The Morgan fingerprint density at radius 3 is 2.42 bits per heavy atom. The van der Waals surface area contributed by atoms with Crippen LogP contribution in [0.5, 0.6) is 5.75 Å². The Labute approximate surface area is 138 Å². The van der Waals surface area contributed by atoms with Crippen LogP contribution in [0, 0.1) is 12.7 Å². The summed E-state index contributed by atoms with van der Waals surface area (Å²) in [6, 6.07) is 2.70. The monoisotopic (exact) mass is 339 g/mol. The normalized spacial score (nSPS) is 14.5. The second-order valence-electron chi connectivity index (χ2n) is 4.99. The third-order valence-electron chi connectivity index (χ3n) is 3.58. The van der Waals surface area contributed by atoms with Crippen molar-refractivity contribution in [3.63, 3.8) is 0 Å². The van der Waals surface area contributed by atoms with Gasteiger partial charge in [0.05, 0.1) is 39.2 Å². The van der Waals surface area contributed by atoms with Crippen LogP contribution in [0.15, 0.2) is 23.4 Å². The third kappa shape index (κ3) is 3.18. The summed E-state index contributed by atoms with van der Waals surface area (Å²) in [4.78, 5) is 25.5. The lowest BCUT2D eigenvalue weighted by atomic mass is 10.1. The Hall–Kier alpha value is -2.61. The number of aryl methyl sites for hydroxylation is 1. The van der Waals surface area contributed by atoms with Crippen LogP contribution in [0.4, 0.5) is 10.1 Å². The number of hydrogen-bond acceptors (Lipinski definition) is 7. The molecule has 0 aliphatic carbocycles. The smallest absolute Gasteiger partial charge is 0.355 e. The van der Waals surface area contributed by atoms with Crippen LogP contribution in [0.2, 0.25) is 0 Å². The van der Waals surface area contributed by atoms with E-state index in [1.807, 2.05) is 0 Å². The van der Waals surface area contributed by atoms with E-state index in [1.54, 1.807) is 6.92 Å². The first-order chi connectivity index (χ1) is 11.4. The lowest BCUT2D eigenvalue weighted by molar-refractivity contribution is -0.140. The van der Waals surface area contributed by atoms with Gasteiger partial charge in [0.15, 0.2) is 0 Å². The molecule has 2 rings (SSSR count). The van der Waals surface area contributed by atoms with Gasteiger partial charge in [-0.3, -0.25) is 0 Å². The molecule has 1 heterocycles. The molecular formula is C16H18FNO6. The van der Waals surface area contributed by atoms with Crippen LogP contribution in [0.3, 0.4) is 0 Å². The van der Waals surface area contributed by atoms with E-state index >= 15 is 0 Å². The van der Waals surface area contributed by atoms with Crippen LogP contribution < -0.4 is 9.64 Å².